The second-order valence-electron chi connectivity index (χ2n) is 5.91. The summed E-state index contributed by atoms with van der Waals surface area (Å²) in [5, 5.41) is 3.81. The number of fused-ring (bicyclic) bond motifs is 1. The Morgan fingerprint density at radius 1 is 1.38 bits per heavy atom. The summed E-state index contributed by atoms with van der Waals surface area (Å²) in [5.41, 5.74) is 8.17. The Labute approximate surface area is 141 Å². The highest BCUT2D eigenvalue weighted by Gasteiger charge is 2.17. The highest BCUT2D eigenvalue weighted by atomic mass is 16.5. The lowest BCUT2D eigenvalue weighted by Crippen LogP contribution is -2.41. The summed E-state index contributed by atoms with van der Waals surface area (Å²) in [4.78, 5) is 14.8. The summed E-state index contributed by atoms with van der Waals surface area (Å²) in [6.07, 6.45) is 0. The molecule has 1 aromatic heterocycles. The van der Waals surface area contributed by atoms with Crippen molar-refractivity contribution >= 4 is 22.5 Å². The number of nitrogens with two attached hydrogens (primary N) is 1. The standard InChI is InChI=1S/C17H24N4O3/c1-20-13-3-4-15(23-2)16(18)12(13)11-14(20)17(22)19-5-6-21-7-9-24-10-8-21/h3-4,11H,5-10,18H2,1-2H3,(H,19,22). The lowest BCUT2D eigenvalue weighted by Gasteiger charge is -2.26. The number of methoxy groups -OCH3 is 1. The molecule has 2 heterocycles. The van der Waals surface area contributed by atoms with Crippen LogP contribution in [0.25, 0.3) is 10.9 Å². The van der Waals surface area contributed by atoms with Gasteiger partial charge >= 0.3 is 0 Å². The van der Waals surface area contributed by atoms with Crippen LogP contribution in [0, 0.1) is 0 Å². The Kier molecular flexibility index (Phi) is 4.92. The Balaban J connectivity index is 1.70. The number of rotatable bonds is 5. The molecule has 1 aliphatic heterocycles. The van der Waals surface area contributed by atoms with Crippen LogP contribution in [-0.2, 0) is 11.8 Å². The van der Waals surface area contributed by atoms with E-state index in [1.807, 2.05) is 29.8 Å². The minimum Gasteiger partial charge on any atom is -0.495 e. The number of carbonyl (C=O) groups is 1. The van der Waals surface area contributed by atoms with Gasteiger partial charge in [0, 0.05) is 38.6 Å². The Bertz CT molecular complexity index is 735. The number of nitrogen functional groups attached to an aromatic ring is 1. The van der Waals surface area contributed by atoms with E-state index in [0.717, 1.165) is 43.8 Å². The largest absolute Gasteiger partial charge is 0.495 e. The number of amides is 1. The molecule has 0 aliphatic carbocycles. The number of nitrogens with one attached hydrogen (secondary N) is 1. The van der Waals surface area contributed by atoms with Crippen LogP contribution in [-0.4, -0.2) is 61.9 Å². The first-order chi connectivity index (χ1) is 11.6. The highest BCUT2D eigenvalue weighted by Crippen LogP contribution is 2.32. The zero-order valence-electron chi connectivity index (χ0n) is 14.2. The minimum absolute atomic E-state index is 0.0969. The fourth-order valence-electron chi connectivity index (χ4n) is 3.05. The van der Waals surface area contributed by atoms with E-state index in [2.05, 4.69) is 10.2 Å². The van der Waals surface area contributed by atoms with E-state index in [9.17, 15) is 4.79 Å². The first kappa shape index (κ1) is 16.6. The Morgan fingerprint density at radius 3 is 2.83 bits per heavy atom. The van der Waals surface area contributed by atoms with Gasteiger partial charge in [-0.1, -0.05) is 0 Å². The average Bonchev–Trinajstić information content (AvgIpc) is 2.94. The van der Waals surface area contributed by atoms with Gasteiger partial charge in [0.1, 0.15) is 11.4 Å². The van der Waals surface area contributed by atoms with E-state index in [-0.39, 0.29) is 5.91 Å². The molecule has 0 saturated carbocycles. The molecule has 3 N–H and O–H groups in total. The number of hydrogen-bond acceptors (Lipinski definition) is 5. The first-order valence-electron chi connectivity index (χ1n) is 8.12. The van der Waals surface area contributed by atoms with Gasteiger partial charge in [0.2, 0.25) is 0 Å². The van der Waals surface area contributed by atoms with Crippen LogP contribution in [0.5, 0.6) is 5.75 Å². The number of nitrogens with zero attached hydrogens (tertiary/aromatic N) is 2. The molecule has 1 amide bonds. The van der Waals surface area contributed by atoms with Crippen LogP contribution in [0.4, 0.5) is 5.69 Å². The van der Waals surface area contributed by atoms with Gasteiger partial charge in [-0.3, -0.25) is 9.69 Å². The van der Waals surface area contributed by atoms with Gasteiger partial charge in [-0.05, 0) is 18.2 Å². The molecule has 1 aromatic carbocycles. The first-order valence-corrected chi connectivity index (χ1v) is 8.12. The molecule has 24 heavy (non-hydrogen) atoms. The molecular formula is C17H24N4O3. The van der Waals surface area contributed by atoms with Crippen molar-refractivity contribution in [3.05, 3.63) is 23.9 Å². The number of hydrogen-bond donors (Lipinski definition) is 2. The third-order valence-electron chi connectivity index (χ3n) is 4.50. The second kappa shape index (κ2) is 7.11. The monoisotopic (exact) mass is 332 g/mol. The smallest absolute Gasteiger partial charge is 0.267 e. The third-order valence-corrected chi connectivity index (χ3v) is 4.50. The van der Waals surface area contributed by atoms with Crippen molar-refractivity contribution in [2.45, 2.75) is 0 Å². The summed E-state index contributed by atoms with van der Waals surface area (Å²) < 4.78 is 12.4. The van der Waals surface area contributed by atoms with Crippen LogP contribution in [0.1, 0.15) is 10.5 Å². The van der Waals surface area contributed by atoms with E-state index in [1.54, 1.807) is 7.11 Å². The molecule has 7 heteroatoms. The summed E-state index contributed by atoms with van der Waals surface area (Å²) in [6, 6.07) is 5.55. The van der Waals surface area contributed by atoms with Gasteiger partial charge in [0.05, 0.1) is 31.5 Å². The maximum atomic E-state index is 12.5. The van der Waals surface area contributed by atoms with Gasteiger partial charge in [-0.15, -0.1) is 0 Å². The molecule has 0 atom stereocenters. The number of aromatic nitrogens is 1. The van der Waals surface area contributed by atoms with Gasteiger partial charge in [-0.25, -0.2) is 0 Å². The van der Waals surface area contributed by atoms with Crippen molar-refractivity contribution in [1.82, 2.24) is 14.8 Å². The predicted octanol–water partition coefficient (Wildman–Crippen LogP) is 0.831. The van der Waals surface area contributed by atoms with E-state index in [0.29, 0.717) is 23.7 Å². The van der Waals surface area contributed by atoms with Crippen molar-refractivity contribution in [2.75, 3.05) is 52.2 Å². The fourth-order valence-corrected chi connectivity index (χ4v) is 3.05. The van der Waals surface area contributed by atoms with Gasteiger partial charge in [0.25, 0.3) is 5.91 Å². The molecule has 0 unspecified atom stereocenters. The van der Waals surface area contributed by atoms with Crippen molar-refractivity contribution in [3.8, 4) is 5.75 Å². The number of ether oxygens (including phenoxy) is 2. The zero-order chi connectivity index (χ0) is 17.1. The highest BCUT2D eigenvalue weighted by molar-refractivity contribution is 6.03. The number of carbonyl (C=O) groups excluding carboxylic acids is 1. The molecule has 0 spiro atoms. The SMILES string of the molecule is COc1ccc2c(cc(C(=O)NCCN3CCOCC3)n2C)c1N. The summed E-state index contributed by atoms with van der Waals surface area (Å²) >= 11 is 0. The fraction of sp³-hybridized carbons (Fsp3) is 0.471. The minimum atomic E-state index is -0.0969. The van der Waals surface area contributed by atoms with Gasteiger partial charge in [0.15, 0.2) is 0 Å². The molecule has 3 rings (SSSR count). The van der Waals surface area contributed by atoms with E-state index >= 15 is 0 Å². The molecule has 1 aliphatic rings. The topological polar surface area (TPSA) is 81.8 Å². The van der Waals surface area contributed by atoms with Gasteiger partial charge in [-0.2, -0.15) is 0 Å². The summed E-state index contributed by atoms with van der Waals surface area (Å²) in [6.45, 7) is 4.80. The normalized spacial score (nSPS) is 15.6. The molecule has 2 aromatic rings. The number of aryl methyl sites for hydroxylation is 1. The van der Waals surface area contributed by atoms with E-state index < -0.39 is 0 Å². The zero-order valence-corrected chi connectivity index (χ0v) is 14.2. The third kappa shape index (κ3) is 3.18. The van der Waals surface area contributed by atoms with Crippen LogP contribution >= 0.6 is 0 Å². The average molecular weight is 332 g/mol. The van der Waals surface area contributed by atoms with Crippen LogP contribution in [0.15, 0.2) is 18.2 Å². The number of benzene rings is 1. The molecule has 1 fully saturated rings. The van der Waals surface area contributed by atoms with Crippen molar-refractivity contribution in [1.29, 1.82) is 0 Å². The molecule has 1 saturated heterocycles. The number of anilines is 1. The molecular weight excluding hydrogens is 308 g/mol. The van der Waals surface area contributed by atoms with Crippen molar-refractivity contribution in [2.24, 2.45) is 7.05 Å². The van der Waals surface area contributed by atoms with Crippen LogP contribution in [0.3, 0.4) is 0 Å². The molecule has 0 bridgehead atoms. The molecule has 0 radical (unpaired) electrons. The maximum Gasteiger partial charge on any atom is 0.267 e. The van der Waals surface area contributed by atoms with Gasteiger partial charge < -0.3 is 25.1 Å². The summed E-state index contributed by atoms with van der Waals surface area (Å²) in [5.74, 6) is 0.521. The van der Waals surface area contributed by atoms with Crippen molar-refractivity contribution < 1.29 is 14.3 Å². The lowest BCUT2D eigenvalue weighted by molar-refractivity contribution is 0.0383. The second-order valence-corrected chi connectivity index (χ2v) is 5.91. The quantitative estimate of drug-likeness (QED) is 0.793. The van der Waals surface area contributed by atoms with E-state index in [1.165, 1.54) is 0 Å². The predicted molar refractivity (Wildman–Crippen MR) is 93.5 cm³/mol. The number of morpholine rings is 1. The van der Waals surface area contributed by atoms with Crippen LogP contribution in [0.2, 0.25) is 0 Å². The molecule has 130 valence electrons. The van der Waals surface area contributed by atoms with Crippen LogP contribution < -0.4 is 15.8 Å². The Morgan fingerprint density at radius 2 is 2.12 bits per heavy atom. The lowest BCUT2D eigenvalue weighted by atomic mass is 10.2. The maximum absolute atomic E-state index is 12.5. The van der Waals surface area contributed by atoms with Crippen molar-refractivity contribution in [3.63, 3.8) is 0 Å². The summed E-state index contributed by atoms with van der Waals surface area (Å²) in [7, 11) is 3.45. The Hall–Kier alpha value is -2.25. The van der Waals surface area contributed by atoms with E-state index in [4.69, 9.17) is 15.2 Å². The molecule has 7 nitrogen and oxygen atoms in total.